The van der Waals surface area contributed by atoms with E-state index in [0.29, 0.717) is 37.0 Å². The van der Waals surface area contributed by atoms with E-state index in [1.54, 1.807) is 0 Å². The number of rotatable bonds is 2. The minimum Gasteiger partial charge on any atom is -0.490 e. The molecular weight excluding hydrogens is 362 g/mol. The monoisotopic (exact) mass is 381 g/mol. The molecule has 0 saturated carbocycles. The van der Waals surface area contributed by atoms with Crippen molar-refractivity contribution in [2.45, 2.75) is 6.54 Å². The highest BCUT2D eigenvalue weighted by Gasteiger charge is 2.28. The number of halogens is 1. The molecule has 0 unspecified atom stereocenters. The molecule has 0 aliphatic carbocycles. The summed E-state index contributed by atoms with van der Waals surface area (Å²) in [6.07, 6.45) is 0. The van der Waals surface area contributed by atoms with Gasteiger partial charge in [0.1, 0.15) is 18.1 Å². The first-order valence-corrected chi connectivity index (χ1v) is 9.64. The second-order valence-electron chi connectivity index (χ2n) is 6.95. The molecule has 1 aromatic heterocycles. The molecule has 5 nitrogen and oxygen atoms in total. The molecule has 0 atom stereocenters. The molecule has 3 heterocycles. The summed E-state index contributed by atoms with van der Waals surface area (Å²) in [5.41, 5.74) is 2.84. The van der Waals surface area contributed by atoms with Gasteiger partial charge in [0, 0.05) is 37.3 Å². The van der Waals surface area contributed by atoms with Gasteiger partial charge in [-0.3, -0.25) is 4.79 Å². The van der Waals surface area contributed by atoms with Crippen LogP contribution in [0.4, 0.5) is 5.69 Å². The van der Waals surface area contributed by atoms with Gasteiger partial charge in [0.05, 0.1) is 17.1 Å². The lowest BCUT2D eigenvalue weighted by molar-refractivity contribution is 0.0734. The molecule has 0 bridgehead atoms. The number of piperazine rings is 1. The molecule has 2 aliphatic rings. The van der Waals surface area contributed by atoms with E-state index in [-0.39, 0.29) is 5.91 Å². The van der Waals surface area contributed by atoms with E-state index >= 15 is 0 Å². The first kappa shape index (κ1) is 16.5. The topological polar surface area (TPSA) is 37.7 Å². The number of para-hydroxylation sites is 1. The summed E-state index contributed by atoms with van der Waals surface area (Å²) in [6.45, 7) is 4.34. The molecule has 6 heteroatoms. The molecule has 2 aromatic carbocycles. The zero-order chi connectivity index (χ0) is 18.4. The molecule has 1 amide bonds. The number of anilines is 1. The Morgan fingerprint density at radius 3 is 2.52 bits per heavy atom. The largest absolute Gasteiger partial charge is 0.490 e. The van der Waals surface area contributed by atoms with Crippen molar-refractivity contribution in [1.82, 2.24) is 9.47 Å². The van der Waals surface area contributed by atoms with Gasteiger partial charge in [0.2, 0.25) is 0 Å². The Morgan fingerprint density at radius 1 is 0.963 bits per heavy atom. The SMILES string of the molecule is O=C(c1cc2c(Cl)ccc3c2n1CCO3)N1CCN(c2ccccc2)CC1. The van der Waals surface area contributed by atoms with Gasteiger partial charge < -0.3 is 19.1 Å². The van der Waals surface area contributed by atoms with E-state index < -0.39 is 0 Å². The summed E-state index contributed by atoms with van der Waals surface area (Å²) in [7, 11) is 0. The van der Waals surface area contributed by atoms with Crippen LogP contribution in [-0.2, 0) is 6.54 Å². The molecule has 1 fully saturated rings. The fourth-order valence-corrected chi connectivity index (χ4v) is 4.26. The Balaban J connectivity index is 1.41. The number of nitrogens with zero attached hydrogens (tertiary/aromatic N) is 3. The molecule has 0 spiro atoms. The Hall–Kier alpha value is -2.66. The van der Waals surface area contributed by atoms with Crippen LogP contribution < -0.4 is 9.64 Å². The average molecular weight is 382 g/mol. The predicted octanol–water partition coefficient (Wildman–Crippen LogP) is 3.65. The number of carbonyl (C=O) groups excluding carboxylic acids is 1. The van der Waals surface area contributed by atoms with Gasteiger partial charge in [0.25, 0.3) is 5.91 Å². The maximum atomic E-state index is 13.2. The van der Waals surface area contributed by atoms with Crippen LogP contribution in [0.5, 0.6) is 5.75 Å². The summed E-state index contributed by atoms with van der Waals surface area (Å²) in [5, 5.41) is 1.54. The lowest BCUT2D eigenvalue weighted by atomic mass is 10.2. The fraction of sp³-hybridized carbons (Fsp3) is 0.286. The molecule has 5 rings (SSSR count). The predicted molar refractivity (Wildman–Crippen MR) is 107 cm³/mol. The molecule has 3 aromatic rings. The van der Waals surface area contributed by atoms with Crippen LogP contribution in [0.1, 0.15) is 10.5 Å². The second-order valence-corrected chi connectivity index (χ2v) is 7.36. The van der Waals surface area contributed by atoms with E-state index in [9.17, 15) is 4.79 Å². The Morgan fingerprint density at radius 2 is 1.74 bits per heavy atom. The number of amides is 1. The first-order chi connectivity index (χ1) is 13.2. The summed E-state index contributed by atoms with van der Waals surface area (Å²) in [4.78, 5) is 17.5. The van der Waals surface area contributed by atoms with Crippen LogP contribution in [0.15, 0.2) is 48.5 Å². The normalized spacial score (nSPS) is 16.5. The van der Waals surface area contributed by atoms with Crippen molar-refractivity contribution < 1.29 is 9.53 Å². The molecule has 0 radical (unpaired) electrons. The highest BCUT2D eigenvalue weighted by Crippen LogP contribution is 2.36. The second kappa shape index (κ2) is 6.50. The van der Waals surface area contributed by atoms with Crippen molar-refractivity contribution >= 4 is 34.1 Å². The Bertz CT molecular complexity index is 1010. The molecule has 138 valence electrons. The number of benzene rings is 2. The third-order valence-electron chi connectivity index (χ3n) is 5.45. The van der Waals surface area contributed by atoms with Crippen molar-refractivity contribution in [3.8, 4) is 5.75 Å². The molecular formula is C21H20ClN3O2. The standard InChI is InChI=1S/C21H20ClN3O2/c22-17-6-7-19-20-16(17)14-18(25(20)12-13-27-19)21(26)24-10-8-23(9-11-24)15-4-2-1-3-5-15/h1-7,14H,8-13H2. The van der Waals surface area contributed by atoms with Crippen LogP contribution in [0, 0.1) is 0 Å². The van der Waals surface area contributed by atoms with E-state index in [4.69, 9.17) is 16.3 Å². The summed E-state index contributed by atoms with van der Waals surface area (Å²) < 4.78 is 7.80. The highest BCUT2D eigenvalue weighted by atomic mass is 35.5. The van der Waals surface area contributed by atoms with E-state index in [0.717, 1.165) is 29.7 Å². The van der Waals surface area contributed by atoms with Gasteiger partial charge in [-0.1, -0.05) is 29.8 Å². The van der Waals surface area contributed by atoms with Crippen molar-refractivity contribution in [2.75, 3.05) is 37.7 Å². The minimum atomic E-state index is 0.0721. The summed E-state index contributed by atoms with van der Waals surface area (Å²) >= 11 is 6.37. The van der Waals surface area contributed by atoms with Crippen LogP contribution in [0.3, 0.4) is 0 Å². The van der Waals surface area contributed by atoms with E-state index in [1.165, 1.54) is 5.69 Å². The van der Waals surface area contributed by atoms with Gasteiger partial charge in [-0.2, -0.15) is 0 Å². The number of hydrogen-bond acceptors (Lipinski definition) is 3. The molecule has 27 heavy (non-hydrogen) atoms. The Kier molecular flexibility index (Phi) is 3.97. The highest BCUT2D eigenvalue weighted by molar-refractivity contribution is 6.36. The number of aromatic nitrogens is 1. The molecule has 2 aliphatic heterocycles. The Labute approximate surface area is 162 Å². The summed E-state index contributed by atoms with van der Waals surface area (Å²) in [5.74, 6) is 0.872. The zero-order valence-corrected chi connectivity index (χ0v) is 15.7. The lowest BCUT2D eigenvalue weighted by Gasteiger charge is -2.36. The van der Waals surface area contributed by atoms with Gasteiger partial charge in [-0.15, -0.1) is 0 Å². The van der Waals surface area contributed by atoms with Gasteiger partial charge in [0.15, 0.2) is 0 Å². The molecule has 1 saturated heterocycles. The van der Waals surface area contributed by atoms with Crippen LogP contribution >= 0.6 is 11.6 Å². The smallest absolute Gasteiger partial charge is 0.270 e. The van der Waals surface area contributed by atoms with Gasteiger partial charge >= 0.3 is 0 Å². The third kappa shape index (κ3) is 2.73. The maximum absolute atomic E-state index is 13.2. The maximum Gasteiger partial charge on any atom is 0.270 e. The molecule has 0 N–H and O–H groups in total. The van der Waals surface area contributed by atoms with Crippen LogP contribution in [0.25, 0.3) is 10.9 Å². The van der Waals surface area contributed by atoms with E-state index in [2.05, 4.69) is 21.6 Å². The van der Waals surface area contributed by atoms with Crippen molar-refractivity contribution in [3.63, 3.8) is 0 Å². The first-order valence-electron chi connectivity index (χ1n) is 9.26. The van der Waals surface area contributed by atoms with Crippen molar-refractivity contribution in [2.24, 2.45) is 0 Å². The summed E-state index contributed by atoms with van der Waals surface area (Å²) in [6, 6.07) is 16.0. The zero-order valence-electron chi connectivity index (χ0n) is 14.9. The van der Waals surface area contributed by atoms with Crippen LogP contribution in [-0.4, -0.2) is 48.2 Å². The van der Waals surface area contributed by atoms with Crippen LogP contribution in [0.2, 0.25) is 5.02 Å². The van der Waals surface area contributed by atoms with E-state index in [1.807, 2.05) is 41.3 Å². The third-order valence-corrected chi connectivity index (χ3v) is 5.78. The number of carbonyl (C=O) groups is 1. The average Bonchev–Trinajstić information content (AvgIpc) is 3.13. The van der Waals surface area contributed by atoms with Crippen molar-refractivity contribution in [3.05, 3.63) is 59.2 Å². The quantitative estimate of drug-likeness (QED) is 0.680. The minimum absolute atomic E-state index is 0.0721. The number of ether oxygens (including phenoxy) is 1. The number of hydrogen-bond donors (Lipinski definition) is 0. The van der Waals surface area contributed by atoms with Gasteiger partial charge in [-0.25, -0.2) is 0 Å². The fourth-order valence-electron chi connectivity index (χ4n) is 4.06. The van der Waals surface area contributed by atoms with Gasteiger partial charge in [-0.05, 0) is 30.3 Å². The van der Waals surface area contributed by atoms with Crippen molar-refractivity contribution in [1.29, 1.82) is 0 Å². The lowest BCUT2D eigenvalue weighted by Crippen LogP contribution is -2.49.